The number of hydrogen-bond acceptors (Lipinski definition) is 2. The third kappa shape index (κ3) is 7.26. The predicted molar refractivity (Wildman–Crippen MR) is 79.3 cm³/mol. The average molecular weight is 311 g/mol. The van der Waals surface area contributed by atoms with Crippen molar-refractivity contribution in [2.45, 2.75) is 56.5 Å². The Morgan fingerprint density at radius 1 is 1.35 bits per heavy atom. The Labute approximate surface area is 123 Å². The third-order valence-electron chi connectivity index (χ3n) is 3.29. The number of halogens is 3. The Kier molecular flexibility index (Phi) is 7.55. The van der Waals surface area contributed by atoms with Crippen LogP contribution >= 0.6 is 11.8 Å². The summed E-state index contributed by atoms with van der Waals surface area (Å²) in [6.07, 6.45) is -0.461. The summed E-state index contributed by atoms with van der Waals surface area (Å²) in [5, 5.41) is 6.62. The molecule has 2 atom stereocenters. The molecular weight excluding hydrogens is 287 g/mol. The summed E-state index contributed by atoms with van der Waals surface area (Å²) in [5.74, 6) is 1.58. The van der Waals surface area contributed by atoms with E-state index in [0.29, 0.717) is 17.3 Å². The van der Waals surface area contributed by atoms with Crippen molar-refractivity contribution in [3.63, 3.8) is 0 Å². The van der Waals surface area contributed by atoms with Gasteiger partial charge in [-0.15, -0.1) is 0 Å². The maximum atomic E-state index is 12.1. The lowest BCUT2D eigenvalue weighted by molar-refractivity contribution is -0.132. The smallest absolute Gasteiger partial charge is 0.356 e. The Bertz CT molecular complexity index is 306. The SMILES string of the molecule is CCSC1CCCC(NC(=NC)NCCC(F)(F)F)C1. The molecule has 0 saturated heterocycles. The number of alkyl halides is 3. The van der Waals surface area contributed by atoms with Gasteiger partial charge >= 0.3 is 6.18 Å². The van der Waals surface area contributed by atoms with Crippen LogP contribution in [0.15, 0.2) is 4.99 Å². The molecule has 1 aliphatic rings. The number of thioether (sulfide) groups is 1. The molecule has 2 unspecified atom stereocenters. The zero-order valence-corrected chi connectivity index (χ0v) is 12.9. The summed E-state index contributed by atoms with van der Waals surface area (Å²) in [5.41, 5.74) is 0. The van der Waals surface area contributed by atoms with Crippen molar-refractivity contribution in [2.75, 3.05) is 19.3 Å². The molecule has 1 saturated carbocycles. The van der Waals surface area contributed by atoms with E-state index in [4.69, 9.17) is 0 Å². The molecule has 1 fully saturated rings. The third-order valence-corrected chi connectivity index (χ3v) is 4.53. The lowest BCUT2D eigenvalue weighted by Gasteiger charge is -2.30. The minimum absolute atomic E-state index is 0.136. The molecule has 0 radical (unpaired) electrons. The van der Waals surface area contributed by atoms with Gasteiger partial charge in [0.25, 0.3) is 0 Å². The Morgan fingerprint density at radius 2 is 2.10 bits per heavy atom. The van der Waals surface area contributed by atoms with E-state index in [2.05, 4.69) is 22.5 Å². The highest BCUT2D eigenvalue weighted by Crippen LogP contribution is 2.28. The van der Waals surface area contributed by atoms with Crippen LogP contribution in [0.2, 0.25) is 0 Å². The summed E-state index contributed by atoms with van der Waals surface area (Å²) < 4.78 is 36.3. The Hall–Kier alpha value is -0.590. The number of nitrogens with zero attached hydrogens (tertiary/aromatic N) is 1. The van der Waals surface area contributed by atoms with Gasteiger partial charge in [-0.3, -0.25) is 4.99 Å². The first-order valence-corrected chi connectivity index (χ1v) is 8.15. The fraction of sp³-hybridized carbons (Fsp3) is 0.923. The molecule has 0 aromatic carbocycles. The van der Waals surface area contributed by atoms with Crippen molar-refractivity contribution in [2.24, 2.45) is 4.99 Å². The van der Waals surface area contributed by atoms with Gasteiger partial charge < -0.3 is 10.6 Å². The van der Waals surface area contributed by atoms with Crippen molar-refractivity contribution < 1.29 is 13.2 Å². The van der Waals surface area contributed by atoms with Gasteiger partial charge in [-0.25, -0.2) is 0 Å². The lowest BCUT2D eigenvalue weighted by Crippen LogP contribution is -2.46. The number of hydrogen-bond donors (Lipinski definition) is 2. The Morgan fingerprint density at radius 3 is 2.70 bits per heavy atom. The molecule has 0 aliphatic heterocycles. The van der Waals surface area contributed by atoms with Crippen molar-refractivity contribution in [1.29, 1.82) is 0 Å². The average Bonchev–Trinajstić information content (AvgIpc) is 2.37. The second-order valence-electron chi connectivity index (χ2n) is 4.95. The van der Waals surface area contributed by atoms with Crippen LogP contribution in [-0.2, 0) is 0 Å². The maximum absolute atomic E-state index is 12.1. The fourth-order valence-electron chi connectivity index (χ4n) is 2.37. The molecule has 0 spiro atoms. The molecule has 0 aromatic rings. The van der Waals surface area contributed by atoms with Crippen LogP contribution in [0.3, 0.4) is 0 Å². The van der Waals surface area contributed by atoms with Crippen molar-refractivity contribution >= 4 is 17.7 Å². The zero-order chi connectivity index (χ0) is 15.0. The lowest BCUT2D eigenvalue weighted by atomic mass is 9.95. The minimum Gasteiger partial charge on any atom is -0.356 e. The highest BCUT2D eigenvalue weighted by atomic mass is 32.2. The number of guanidine groups is 1. The van der Waals surface area contributed by atoms with Crippen molar-refractivity contribution in [3.8, 4) is 0 Å². The van der Waals surface area contributed by atoms with E-state index in [-0.39, 0.29) is 6.54 Å². The molecule has 20 heavy (non-hydrogen) atoms. The number of rotatable bonds is 5. The van der Waals surface area contributed by atoms with Gasteiger partial charge in [-0.05, 0) is 25.0 Å². The van der Waals surface area contributed by atoms with E-state index >= 15 is 0 Å². The van der Waals surface area contributed by atoms with E-state index < -0.39 is 12.6 Å². The molecule has 3 nitrogen and oxygen atoms in total. The molecule has 0 bridgehead atoms. The fourth-order valence-corrected chi connectivity index (χ4v) is 3.55. The summed E-state index contributed by atoms with van der Waals surface area (Å²) in [6, 6.07) is 0.310. The van der Waals surface area contributed by atoms with Crippen LogP contribution in [0.25, 0.3) is 0 Å². The van der Waals surface area contributed by atoms with Crippen molar-refractivity contribution in [1.82, 2.24) is 10.6 Å². The monoisotopic (exact) mass is 311 g/mol. The van der Waals surface area contributed by atoms with Crippen LogP contribution in [0.5, 0.6) is 0 Å². The summed E-state index contributed by atoms with van der Waals surface area (Å²) in [4.78, 5) is 3.99. The second-order valence-corrected chi connectivity index (χ2v) is 6.53. The van der Waals surface area contributed by atoms with Gasteiger partial charge in [0.2, 0.25) is 0 Å². The predicted octanol–water partition coefficient (Wildman–Crippen LogP) is 3.17. The topological polar surface area (TPSA) is 36.4 Å². The molecule has 0 aromatic heterocycles. The van der Waals surface area contributed by atoms with Gasteiger partial charge in [0.15, 0.2) is 5.96 Å². The first-order chi connectivity index (χ1) is 9.44. The summed E-state index contributed by atoms with van der Waals surface area (Å²) in [7, 11) is 1.59. The highest BCUT2D eigenvalue weighted by Gasteiger charge is 2.27. The molecule has 0 amide bonds. The van der Waals surface area contributed by atoms with Crippen LogP contribution in [0.1, 0.15) is 39.0 Å². The first kappa shape index (κ1) is 17.5. The normalized spacial score (nSPS) is 24.6. The largest absolute Gasteiger partial charge is 0.390 e. The molecule has 0 heterocycles. The van der Waals surface area contributed by atoms with Crippen LogP contribution in [0, 0.1) is 0 Å². The van der Waals surface area contributed by atoms with E-state index in [0.717, 1.165) is 25.0 Å². The van der Waals surface area contributed by atoms with Crippen molar-refractivity contribution in [3.05, 3.63) is 0 Å². The molecule has 118 valence electrons. The Balaban J connectivity index is 2.32. The van der Waals surface area contributed by atoms with E-state index in [9.17, 15) is 13.2 Å². The molecule has 1 aliphatic carbocycles. The van der Waals surface area contributed by atoms with E-state index in [1.807, 2.05) is 11.8 Å². The van der Waals surface area contributed by atoms with Gasteiger partial charge in [0, 0.05) is 24.9 Å². The van der Waals surface area contributed by atoms with Gasteiger partial charge in [0.1, 0.15) is 0 Å². The molecular formula is C13H24F3N3S. The summed E-state index contributed by atoms with van der Waals surface area (Å²) in [6.45, 7) is 2.02. The van der Waals surface area contributed by atoms with Gasteiger partial charge in [-0.2, -0.15) is 24.9 Å². The van der Waals surface area contributed by atoms with E-state index in [1.165, 1.54) is 6.42 Å². The quantitative estimate of drug-likeness (QED) is 0.605. The van der Waals surface area contributed by atoms with E-state index in [1.54, 1.807) is 7.05 Å². The minimum atomic E-state index is -4.13. The maximum Gasteiger partial charge on any atom is 0.390 e. The standard InChI is InChI=1S/C13H24F3N3S/c1-3-20-11-6-4-5-10(9-11)19-12(17-2)18-8-7-13(14,15)16/h10-11H,3-9H2,1-2H3,(H2,17,18,19). The highest BCUT2D eigenvalue weighted by molar-refractivity contribution is 7.99. The second kappa shape index (κ2) is 8.64. The summed E-state index contributed by atoms with van der Waals surface area (Å²) >= 11 is 1.96. The van der Waals surface area contributed by atoms with Gasteiger partial charge in [-0.1, -0.05) is 13.3 Å². The number of nitrogens with one attached hydrogen (secondary N) is 2. The molecule has 2 N–H and O–H groups in total. The van der Waals surface area contributed by atoms with Gasteiger partial charge in [0.05, 0.1) is 6.42 Å². The number of aliphatic imine (C=N–C) groups is 1. The van der Waals surface area contributed by atoms with Crippen LogP contribution in [0.4, 0.5) is 13.2 Å². The molecule has 7 heteroatoms. The van der Waals surface area contributed by atoms with Crippen LogP contribution < -0.4 is 10.6 Å². The first-order valence-electron chi connectivity index (χ1n) is 7.10. The van der Waals surface area contributed by atoms with Crippen LogP contribution in [-0.4, -0.2) is 42.8 Å². The molecule has 1 rings (SSSR count). The zero-order valence-electron chi connectivity index (χ0n) is 12.1.